The van der Waals surface area contributed by atoms with Gasteiger partial charge in [-0.25, -0.2) is 21.6 Å². The largest absolute Gasteiger partial charge is 0.318 e. The van der Waals surface area contributed by atoms with E-state index in [9.17, 15) is 26.4 Å². The van der Waals surface area contributed by atoms with E-state index in [1.54, 1.807) is 0 Å². The minimum Gasteiger partial charge on any atom is -0.318 e. The van der Waals surface area contributed by atoms with Crippen molar-refractivity contribution in [2.24, 2.45) is 11.8 Å². The smallest absolute Gasteiger partial charge is 0.258 e. The van der Waals surface area contributed by atoms with Crippen molar-refractivity contribution in [3.63, 3.8) is 0 Å². The van der Waals surface area contributed by atoms with Gasteiger partial charge in [0.05, 0.1) is 16.1 Å². The second-order valence-corrected chi connectivity index (χ2v) is 10.4. The molecule has 0 spiro atoms. The van der Waals surface area contributed by atoms with Crippen LogP contribution in [-0.2, 0) is 10.0 Å². The third-order valence-corrected chi connectivity index (χ3v) is 7.35. The fourth-order valence-corrected chi connectivity index (χ4v) is 5.85. The van der Waals surface area contributed by atoms with Gasteiger partial charge in [0.1, 0.15) is 11.6 Å². The number of hydrogen-bond donors (Lipinski definition) is 1. The Bertz CT molecular complexity index is 1060. The minimum atomic E-state index is -3.94. The minimum absolute atomic E-state index is 0.0752. The molecule has 0 radical (unpaired) electrons. The Morgan fingerprint density at radius 3 is 2.30 bits per heavy atom. The Labute approximate surface area is 181 Å². The SMILES string of the molecule is C[C@@H]1C[C@@H](C)CN(S(=O)(=O)c2ccc(F)c(C(=O)Nc3c(F)cc(F)cc3Br)c2)C1. The van der Waals surface area contributed by atoms with Gasteiger partial charge in [-0.1, -0.05) is 13.8 Å². The van der Waals surface area contributed by atoms with Crippen LogP contribution < -0.4 is 5.32 Å². The second kappa shape index (κ2) is 8.68. The number of amides is 1. The molecule has 1 saturated heterocycles. The lowest BCUT2D eigenvalue weighted by molar-refractivity contribution is 0.102. The standard InChI is InChI=1S/C20H20BrF3N2O3S/c1-11-5-12(2)10-26(9-11)30(28,29)14-3-4-17(23)15(8-14)20(27)25-19-16(21)6-13(22)7-18(19)24/h3-4,6-8,11-12H,5,9-10H2,1-2H3,(H,25,27)/t11-,12-/m1/s1. The third kappa shape index (κ3) is 4.70. The van der Waals surface area contributed by atoms with Gasteiger partial charge in [-0.2, -0.15) is 4.31 Å². The summed E-state index contributed by atoms with van der Waals surface area (Å²) in [6.45, 7) is 4.58. The van der Waals surface area contributed by atoms with E-state index in [0.717, 1.165) is 30.7 Å². The highest BCUT2D eigenvalue weighted by molar-refractivity contribution is 9.10. The first kappa shape index (κ1) is 22.8. The van der Waals surface area contributed by atoms with Gasteiger partial charge < -0.3 is 5.32 Å². The number of anilines is 1. The molecule has 1 aliphatic heterocycles. The van der Waals surface area contributed by atoms with E-state index < -0.39 is 38.9 Å². The summed E-state index contributed by atoms with van der Waals surface area (Å²) in [6, 6.07) is 4.42. The molecule has 30 heavy (non-hydrogen) atoms. The van der Waals surface area contributed by atoms with Crippen LogP contribution in [0.25, 0.3) is 0 Å². The molecule has 0 unspecified atom stereocenters. The molecule has 1 aliphatic rings. The van der Waals surface area contributed by atoms with Crippen LogP contribution >= 0.6 is 15.9 Å². The van der Waals surface area contributed by atoms with Crippen LogP contribution in [0.4, 0.5) is 18.9 Å². The van der Waals surface area contributed by atoms with Crippen molar-refractivity contribution >= 4 is 37.5 Å². The molecule has 0 aromatic heterocycles. The summed E-state index contributed by atoms with van der Waals surface area (Å²) in [7, 11) is -3.94. The lowest BCUT2D eigenvalue weighted by Crippen LogP contribution is -2.42. The van der Waals surface area contributed by atoms with Crippen LogP contribution in [0.2, 0.25) is 0 Å². The van der Waals surface area contributed by atoms with E-state index in [1.165, 1.54) is 4.31 Å². The van der Waals surface area contributed by atoms with Crippen molar-refractivity contribution in [1.29, 1.82) is 0 Å². The highest BCUT2D eigenvalue weighted by atomic mass is 79.9. The fraction of sp³-hybridized carbons (Fsp3) is 0.350. The second-order valence-electron chi connectivity index (χ2n) is 7.61. The molecule has 1 fully saturated rings. The van der Waals surface area contributed by atoms with Crippen molar-refractivity contribution < 1.29 is 26.4 Å². The first-order valence-electron chi connectivity index (χ1n) is 9.24. The van der Waals surface area contributed by atoms with Gasteiger partial charge in [-0.3, -0.25) is 4.79 Å². The fourth-order valence-electron chi connectivity index (χ4n) is 3.63. The molecule has 1 N–H and O–H groups in total. The summed E-state index contributed by atoms with van der Waals surface area (Å²) < 4.78 is 68.9. The Morgan fingerprint density at radius 2 is 1.70 bits per heavy atom. The first-order valence-corrected chi connectivity index (χ1v) is 11.5. The molecule has 5 nitrogen and oxygen atoms in total. The highest BCUT2D eigenvalue weighted by Crippen LogP contribution is 2.29. The van der Waals surface area contributed by atoms with E-state index in [1.807, 2.05) is 13.8 Å². The van der Waals surface area contributed by atoms with E-state index in [4.69, 9.17) is 0 Å². The van der Waals surface area contributed by atoms with Crippen LogP contribution in [0.1, 0.15) is 30.6 Å². The van der Waals surface area contributed by atoms with E-state index in [2.05, 4.69) is 21.2 Å². The number of sulfonamides is 1. The van der Waals surface area contributed by atoms with Crippen molar-refractivity contribution in [2.45, 2.75) is 25.2 Å². The number of benzene rings is 2. The Balaban J connectivity index is 1.93. The highest BCUT2D eigenvalue weighted by Gasteiger charge is 2.32. The zero-order valence-electron chi connectivity index (χ0n) is 16.3. The summed E-state index contributed by atoms with van der Waals surface area (Å²) in [6.07, 6.45) is 0.904. The van der Waals surface area contributed by atoms with Crippen LogP contribution in [0, 0.1) is 29.3 Å². The lowest BCUT2D eigenvalue weighted by atomic mass is 9.94. The number of rotatable bonds is 4. The van der Waals surface area contributed by atoms with Gasteiger partial charge in [-0.15, -0.1) is 0 Å². The maximum atomic E-state index is 14.3. The van der Waals surface area contributed by atoms with E-state index >= 15 is 0 Å². The molecule has 1 amide bonds. The van der Waals surface area contributed by atoms with Gasteiger partial charge in [0, 0.05) is 23.6 Å². The summed E-state index contributed by atoms with van der Waals surface area (Å²) >= 11 is 2.94. The summed E-state index contributed by atoms with van der Waals surface area (Å²) in [5.74, 6) is -3.60. The Hall–Kier alpha value is -1.91. The number of halogens is 4. The number of piperidine rings is 1. The van der Waals surface area contributed by atoms with Gasteiger partial charge in [0.15, 0.2) is 5.82 Å². The molecule has 0 bridgehead atoms. The molecule has 162 valence electrons. The van der Waals surface area contributed by atoms with Crippen molar-refractivity contribution in [3.05, 3.63) is 57.8 Å². The monoisotopic (exact) mass is 504 g/mol. The van der Waals surface area contributed by atoms with E-state index in [0.29, 0.717) is 19.2 Å². The molecule has 10 heteroatoms. The molecule has 2 aromatic rings. The van der Waals surface area contributed by atoms with Crippen molar-refractivity contribution in [1.82, 2.24) is 4.31 Å². The predicted octanol–water partition coefficient (Wildman–Crippen LogP) is 4.79. The van der Waals surface area contributed by atoms with Gasteiger partial charge >= 0.3 is 0 Å². The van der Waals surface area contributed by atoms with Crippen LogP contribution in [0.15, 0.2) is 39.7 Å². The molecule has 2 atom stereocenters. The molecule has 3 rings (SSSR count). The molecule has 2 aromatic carbocycles. The van der Waals surface area contributed by atoms with Crippen LogP contribution in [0.5, 0.6) is 0 Å². The molecular formula is C20H20BrF3N2O3S. The number of nitrogens with one attached hydrogen (secondary N) is 1. The maximum absolute atomic E-state index is 14.3. The summed E-state index contributed by atoms with van der Waals surface area (Å²) in [5, 5.41) is 2.16. The molecule has 0 saturated carbocycles. The summed E-state index contributed by atoms with van der Waals surface area (Å²) in [4.78, 5) is 12.3. The Morgan fingerprint density at radius 1 is 1.07 bits per heavy atom. The molecule has 1 heterocycles. The average molecular weight is 505 g/mol. The van der Waals surface area contributed by atoms with Crippen molar-refractivity contribution in [2.75, 3.05) is 18.4 Å². The van der Waals surface area contributed by atoms with Gasteiger partial charge in [0.2, 0.25) is 10.0 Å². The topological polar surface area (TPSA) is 66.5 Å². The quantitative estimate of drug-likeness (QED) is 0.651. The number of nitrogens with zero attached hydrogens (tertiary/aromatic N) is 1. The lowest BCUT2D eigenvalue weighted by Gasteiger charge is -2.34. The van der Waals surface area contributed by atoms with Crippen molar-refractivity contribution in [3.8, 4) is 0 Å². The van der Waals surface area contributed by atoms with Crippen LogP contribution in [-0.4, -0.2) is 31.7 Å². The zero-order chi connectivity index (χ0) is 22.2. The Kier molecular flexibility index (Phi) is 6.59. The van der Waals surface area contributed by atoms with Crippen LogP contribution in [0.3, 0.4) is 0 Å². The molecular weight excluding hydrogens is 485 g/mol. The third-order valence-electron chi connectivity index (χ3n) is 4.90. The van der Waals surface area contributed by atoms with E-state index in [-0.39, 0.29) is 26.9 Å². The maximum Gasteiger partial charge on any atom is 0.258 e. The zero-order valence-corrected chi connectivity index (χ0v) is 18.7. The molecule has 0 aliphatic carbocycles. The van der Waals surface area contributed by atoms with Gasteiger partial charge in [0.25, 0.3) is 5.91 Å². The predicted molar refractivity (Wildman–Crippen MR) is 110 cm³/mol. The number of carbonyl (C=O) groups is 1. The number of hydrogen-bond acceptors (Lipinski definition) is 3. The van der Waals surface area contributed by atoms with Gasteiger partial charge in [-0.05, 0) is 58.5 Å². The first-order chi connectivity index (χ1) is 14.0. The average Bonchev–Trinajstić information content (AvgIpc) is 2.63. The summed E-state index contributed by atoms with van der Waals surface area (Å²) in [5.41, 5.74) is -0.947. The normalized spacial score (nSPS) is 20.2. The number of carbonyl (C=O) groups excluding carboxylic acids is 1.